The Kier molecular flexibility index (Phi) is 4.36. The van der Waals surface area contributed by atoms with Crippen LogP contribution in [0.1, 0.15) is 19.3 Å². The number of halogens is 1. The molecule has 6 heteroatoms. The maximum absolute atomic E-state index is 12.3. The standard InChI is InChI=1S/C16H18ClNO4/c17-12-4-1-2-5-13(12)21-11-15(20)18-8-7-16(14(19)10-18)6-3-9-22-16/h1-2,4-5H,3,6-11H2. The Bertz CT molecular complexity index is 583. The number of ketones is 1. The number of hydrogen-bond acceptors (Lipinski definition) is 4. The van der Waals surface area contributed by atoms with Gasteiger partial charge in [0.1, 0.15) is 11.4 Å². The van der Waals surface area contributed by atoms with Crippen LogP contribution in [0.15, 0.2) is 24.3 Å². The first kappa shape index (κ1) is 15.3. The van der Waals surface area contributed by atoms with E-state index in [1.807, 2.05) is 0 Å². The lowest BCUT2D eigenvalue weighted by Gasteiger charge is -2.37. The van der Waals surface area contributed by atoms with Crippen LogP contribution in [0.5, 0.6) is 5.75 Å². The normalized spacial score (nSPS) is 24.8. The van der Waals surface area contributed by atoms with Crippen LogP contribution in [-0.2, 0) is 14.3 Å². The summed E-state index contributed by atoms with van der Waals surface area (Å²) in [5, 5.41) is 0.461. The lowest BCUT2D eigenvalue weighted by Crippen LogP contribution is -2.54. The van der Waals surface area contributed by atoms with Crippen LogP contribution in [0, 0.1) is 0 Å². The molecule has 118 valence electrons. The average Bonchev–Trinajstić information content (AvgIpc) is 2.99. The molecule has 2 saturated heterocycles. The summed E-state index contributed by atoms with van der Waals surface area (Å²) in [4.78, 5) is 26.0. The molecule has 1 spiro atoms. The van der Waals surface area contributed by atoms with E-state index in [2.05, 4.69) is 0 Å². The number of likely N-dealkylation sites (tertiary alicyclic amines) is 1. The van der Waals surface area contributed by atoms with Gasteiger partial charge in [0.05, 0.1) is 11.6 Å². The Morgan fingerprint density at radius 2 is 2.18 bits per heavy atom. The molecule has 2 fully saturated rings. The quantitative estimate of drug-likeness (QED) is 0.854. The summed E-state index contributed by atoms with van der Waals surface area (Å²) in [6.07, 6.45) is 2.25. The molecule has 1 amide bonds. The molecule has 2 aliphatic rings. The summed E-state index contributed by atoms with van der Waals surface area (Å²) in [6.45, 7) is 1.14. The zero-order valence-electron chi connectivity index (χ0n) is 12.2. The van der Waals surface area contributed by atoms with Crippen molar-refractivity contribution in [2.45, 2.75) is 24.9 Å². The third-order valence-electron chi connectivity index (χ3n) is 4.27. The van der Waals surface area contributed by atoms with Gasteiger partial charge in [-0.1, -0.05) is 23.7 Å². The largest absolute Gasteiger partial charge is 0.482 e. The lowest BCUT2D eigenvalue weighted by atomic mass is 9.87. The first-order chi connectivity index (χ1) is 10.6. The van der Waals surface area contributed by atoms with Crippen molar-refractivity contribution in [3.05, 3.63) is 29.3 Å². The third kappa shape index (κ3) is 2.96. The molecule has 3 rings (SSSR count). The number of piperidine rings is 1. The Hall–Kier alpha value is -1.59. The third-order valence-corrected chi connectivity index (χ3v) is 4.58. The van der Waals surface area contributed by atoms with Crippen LogP contribution in [0.4, 0.5) is 0 Å². The molecule has 0 aromatic heterocycles. The minimum absolute atomic E-state index is 0.00217. The fourth-order valence-electron chi connectivity index (χ4n) is 2.97. The van der Waals surface area contributed by atoms with E-state index in [0.717, 1.165) is 12.8 Å². The smallest absolute Gasteiger partial charge is 0.260 e. The highest BCUT2D eigenvalue weighted by atomic mass is 35.5. The minimum Gasteiger partial charge on any atom is -0.482 e. The van der Waals surface area contributed by atoms with Gasteiger partial charge in [0.2, 0.25) is 0 Å². The molecule has 0 bridgehead atoms. The fourth-order valence-corrected chi connectivity index (χ4v) is 3.16. The SMILES string of the molecule is O=C(COc1ccccc1Cl)N1CCC2(CCCO2)C(=O)C1. The van der Waals surface area contributed by atoms with Crippen LogP contribution in [0.3, 0.4) is 0 Å². The number of carbonyl (C=O) groups excluding carboxylic acids is 2. The molecule has 0 saturated carbocycles. The van der Waals surface area contributed by atoms with Crippen LogP contribution in [0.25, 0.3) is 0 Å². The van der Waals surface area contributed by atoms with E-state index in [-0.39, 0.29) is 24.8 Å². The highest BCUT2D eigenvalue weighted by molar-refractivity contribution is 6.32. The van der Waals surface area contributed by atoms with E-state index in [1.54, 1.807) is 24.3 Å². The highest BCUT2D eigenvalue weighted by Gasteiger charge is 2.46. The Morgan fingerprint density at radius 3 is 2.86 bits per heavy atom. The van der Waals surface area contributed by atoms with Gasteiger partial charge >= 0.3 is 0 Å². The van der Waals surface area contributed by atoms with Crippen LogP contribution in [-0.4, -0.2) is 48.5 Å². The second-order valence-electron chi connectivity index (χ2n) is 5.65. The van der Waals surface area contributed by atoms with Crippen molar-refractivity contribution in [2.24, 2.45) is 0 Å². The van der Waals surface area contributed by atoms with Crippen molar-refractivity contribution >= 4 is 23.3 Å². The summed E-state index contributed by atoms with van der Waals surface area (Å²) in [6, 6.07) is 6.99. The topological polar surface area (TPSA) is 55.8 Å². The van der Waals surface area contributed by atoms with Crippen molar-refractivity contribution in [3.8, 4) is 5.75 Å². The van der Waals surface area contributed by atoms with E-state index < -0.39 is 5.60 Å². The molecule has 1 atom stereocenters. The summed E-state index contributed by atoms with van der Waals surface area (Å²) >= 11 is 5.98. The molecule has 0 aliphatic carbocycles. The van der Waals surface area contributed by atoms with Gasteiger partial charge in [-0.3, -0.25) is 9.59 Å². The number of para-hydroxylation sites is 1. The fraction of sp³-hybridized carbons (Fsp3) is 0.500. The molecule has 1 aromatic rings. The lowest BCUT2D eigenvalue weighted by molar-refractivity contribution is -0.153. The summed E-state index contributed by atoms with van der Waals surface area (Å²) < 4.78 is 11.1. The van der Waals surface area contributed by atoms with Gasteiger partial charge in [0.15, 0.2) is 12.4 Å². The van der Waals surface area contributed by atoms with E-state index in [0.29, 0.717) is 30.3 Å². The predicted molar refractivity (Wildman–Crippen MR) is 81.1 cm³/mol. The van der Waals surface area contributed by atoms with E-state index in [1.165, 1.54) is 4.90 Å². The monoisotopic (exact) mass is 323 g/mol. The number of Topliss-reactive ketones (excluding diaryl/α,β-unsaturated/α-hetero) is 1. The van der Waals surface area contributed by atoms with Crippen LogP contribution in [0.2, 0.25) is 5.02 Å². The summed E-state index contributed by atoms with van der Waals surface area (Å²) in [7, 11) is 0. The van der Waals surface area contributed by atoms with Gasteiger partial charge in [-0.25, -0.2) is 0 Å². The van der Waals surface area contributed by atoms with Gasteiger partial charge < -0.3 is 14.4 Å². The Labute approximate surface area is 134 Å². The molecular weight excluding hydrogens is 306 g/mol. The van der Waals surface area contributed by atoms with Gasteiger partial charge in [-0.2, -0.15) is 0 Å². The number of nitrogens with zero attached hydrogens (tertiary/aromatic N) is 1. The van der Waals surface area contributed by atoms with Crippen molar-refractivity contribution in [3.63, 3.8) is 0 Å². The second kappa shape index (κ2) is 6.26. The molecule has 1 unspecified atom stereocenters. The number of rotatable bonds is 3. The van der Waals surface area contributed by atoms with Gasteiger partial charge in [-0.15, -0.1) is 0 Å². The first-order valence-corrected chi connectivity index (χ1v) is 7.81. The van der Waals surface area contributed by atoms with E-state index in [9.17, 15) is 9.59 Å². The van der Waals surface area contributed by atoms with E-state index >= 15 is 0 Å². The van der Waals surface area contributed by atoms with Crippen molar-refractivity contribution < 1.29 is 19.1 Å². The predicted octanol–water partition coefficient (Wildman–Crippen LogP) is 2.07. The van der Waals surface area contributed by atoms with Crippen LogP contribution >= 0.6 is 11.6 Å². The molecule has 2 heterocycles. The minimum atomic E-state index is -0.639. The summed E-state index contributed by atoms with van der Waals surface area (Å²) in [5.74, 6) is 0.264. The number of amides is 1. The number of carbonyl (C=O) groups is 2. The second-order valence-corrected chi connectivity index (χ2v) is 6.06. The van der Waals surface area contributed by atoms with Gasteiger partial charge in [0.25, 0.3) is 5.91 Å². The molecule has 22 heavy (non-hydrogen) atoms. The van der Waals surface area contributed by atoms with Crippen molar-refractivity contribution in [1.82, 2.24) is 4.90 Å². The molecule has 0 N–H and O–H groups in total. The van der Waals surface area contributed by atoms with E-state index in [4.69, 9.17) is 21.1 Å². The average molecular weight is 324 g/mol. The number of benzene rings is 1. The number of hydrogen-bond donors (Lipinski definition) is 0. The maximum Gasteiger partial charge on any atom is 0.260 e. The summed E-state index contributed by atoms with van der Waals surface area (Å²) in [5.41, 5.74) is -0.639. The zero-order chi connectivity index (χ0) is 15.6. The Balaban J connectivity index is 1.55. The van der Waals surface area contributed by atoms with Gasteiger partial charge in [-0.05, 0) is 25.0 Å². The van der Waals surface area contributed by atoms with Gasteiger partial charge in [0, 0.05) is 19.6 Å². The molecule has 1 aromatic carbocycles. The molecule has 0 radical (unpaired) electrons. The maximum atomic E-state index is 12.3. The van der Waals surface area contributed by atoms with Crippen molar-refractivity contribution in [1.29, 1.82) is 0 Å². The van der Waals surface area contributed by atoms with Crippen molar-refractivity contribution in [2.75, 3.05) is 26.3 Å². The number of ether oxygens (including phenoxy) is 2. The molecule has 5 nitrogen and oxygen atoms in total. The zero-order valence-corrected chi connectivity index (χ0v) is 13.0. The Morgan fingerprint density at radius 1 is 1.36 bits per heavy atom. The highest BCUT2D eigenvalue weighted by Crippen LogP contribution is 2.33. The molecular formula is C16H18ClNO4. The van der Waals surface area contributed by atoms with Crippen LogP contribution < -0.4 is 4.74 Å². The molecule has 2 aliphatic heterocycles. The first-order valence-electron chi connectivity index (χ1n) is 7.43.